The van der Waals surface area contributed by atoms with Crippen molar-refractivity contribution < 1.29 is 18.7 Å². The van der Waals surface area contributed by atoms with E-state index in [-0.39, 0.29) is 17.8 Å². The predicted molar refractivity (Wildman–Crippen MR) is 118 cm³/mol. The molecule has 0 fully saturated rings. The Hall–Kier alpha value is -4.01. The number of rotatable bonds is 4. The summed E-state index contributed by atoms with van der Waals surface area (Å²) in [6, 6.07) is 9.25. The van der Waals surface area contributed by atoms with Gasteiger partial charge in [0.2, 0.25) is 0 Å². The van der Waals surface area contributed by atoms with Gasteiger partial charge in [0.05, 0.1) is 23.7 Å². The number of carbonyl (C=O) groups is 2. The highest BCUT2D eigenvalue weighted by atomic mass is 19.1. The first-order valence-electron chi connectivity index (χ1n) is 10.1. The summed E-state index contributed by atoms with van der Waals surface area (Å²) < 4.78 is 20.2. The minimum absolute atomic E-state index is 0.299. The van der Waals surface area contributed by atoms with E-state index >= 15 is 0 Å². The summed E-state index contributed by atoms with van der Waals surface area (Å²) in [4.78, 5) is 29.8. The minimum Gasteiger partial charge on any atom is -0.446 e. The summed E-state index contributed by atoms with van der Waals surface area (Å²) in [7, 11) is 0. The first-order valence-corrected chi connectivity index (χ1v) is 10.1. The van der Waals surface area contributed by atoms with Crippen LogP contribution in [0.25, 0.3) is 22.3 Å². The quantitative estimate of drug-likeness (QED) is 0.478. The van der Waals surface area contributed by atoms with Crippen molar-refractivity contribution in [2.45, 2.75) is 33.8 Å². The van der Waals surface area contributed by atoms with Crippen molar-refractivity contribution in [2.75, 3.05) is 5.32 Å². The number of hydrogen-bond donors (Lipinski definition) is 2. The van der Waals surface area contributed by atoms with Crippen molar-refractivity contribution in [3.8, 4) is 11.3 Å². The lowest BCUT2D eigenvalue weighted by Crippen LogP contribution is -2.19. The fourth-order valence-electron chi connectivity index (χ4n) is 3.33. The van der Waals surface area contributed by atoms with Crippen LogP contribution in [0.15, 0.2) is 42.6 Å². The van der Waals surface area contributed by atoms with Crippen LogP contribution in [0, 0.1) is 19.7 Å². The number of carbonyl (C=O) groups excluding carboxylic acids is 2. The highest BCUT2D eigenvalue weighted by Gasteiger charge is 2.21. The number of halogens is 1. The Kier molecular flexibility index (Phi) is 5.48. The Balaban J connectivity index is 1.76. The summed E-state index contributed by atoms with van der Waals surface area (Å²) in [5.74, 6) is -0.751. The third kappa shape index (κ3) is 3.96. The Morgan fingerprint density at radius 1 is 1.16 bits per heavy atom. The average molecular weight is 435 g/mol. The maximum absolute atomic E-state index is 13.4. The molecule has 2 N–H and O–H groups in total. The van der Waals surface area contributed by atoms with E-state index in [4.69, 9.17) is 4.74 Å². The minimum atomic E-state index is -0.596. The number of nitrogens with one attached hydrogen (secondary N) is 2. The Labute approximate surface area is 183 Å². The maximum atomic E-state index is 13.4. The zero-order valence-electron chi connectivity index (χ0n) is 18.1. The molecule has 0 unspecified atom stereocenters. The number of aromatic nitrogens is 4. The van der Waals surface area contributed by atoms with Crippen molar-refractivity contribution in [1.82, 2.24) is 19.7 Å². The largest absolute Gasteiger partial charge is 0.446 e. The molecular formula is C23H22FN5O3. The van der Waals surface area contributed by atoms with Gasteiger partial charge in [-0.2, -0.15) is 5.10 Å². The Bertz CT molecular complexity index is 1320. The number of benzene rings is 1. The normalized spacial score (nSPS) is 11.2. The molecule has 0 radical (unpaired) electrons. The summed E-state index contributed by atoms with van der Waals surface area (Å²) in [6.07, 6.45) is 0.532. The smallest absolute Gasteiger partial charge is 0.420 e. The van der Waals surface area contributed by atoms with Crippen molar-refractivity contribution in [3.05, 3.63) is 65.4 Å². The van der Waals surface area contributed by atoms with E-state index in [0.717, 1.165) is 11.3 Å². The summed E-state index contributed by atoms with van der Waals surface area (Å²) in [5.41, 5.74) is 3.81. The second-order valence-electron chi connectivity index (χ2n) is 7.72. The number of H-pyrrole nitrogens is 1. The number of anilines is 1. The van der Waals surface area contributed by atoms with Crippen LogP contribution >= 0.6 is 0 Å². The molecule has 0 bridgehead atoms. The molecule has 3 heterocycles. The molecule has 164 valence electrons. The third-order valence-electron chi connectivity index (χ3n) is 5.03. The number of amides is 1. The molecule has 1 aromatic carbocycles. The van der Waals surface area contributed by atoms with Crippen molar-refractivity contribution in [1.29, 1.82) is 0 Å². The van der Waals surface area contributed by atoms with Gasteiger partial charge in [-0.25, -0.2) is 18.7 Å². The molecule has 0 aliphatic heterocycles. The lowest BCUT2D eigenvalue weighted by atomic mass is 10.1. The van der Waals surface area contributed by atoms with Gasteiger partial charge in [-0.15, -0.1) is 0 Å². The molecule has 0 aliphatic carbocycles. The van der Waals surface area contributed by atoms with Crippen LogP contribution in [0.4, 0.5) is 14.9 Å². The van der Waals surface area contributed by atoms with Crippen LogP contribution in [0.3, 0.4) is 0 Å². The van der Waals surface area contributed by atoms with Crippen molar-refractivity contribution >= 4 is 28.7 Å². The lowest BCUT2D eigenvalue weighted by molar-refractivity contribution is 0.102. The highest BCUT2D eigenvalue weighted by Crippen LogP contribution is 2.29. The number of hydrogen-bond acceptors (Lipinski definition) is 5. The van der Waals surface area contributed by atoms with Crippen LogP contribution in [0.1, 0.15) is 35.6 Å². The van der Waals surface area contributed by atoms with Crippen molar-refractivity contribution in [3.63, 3.8) is 0 Å². The molecule has 0 atom stereocenters. The van der Waals surface area contributed by atoms with Crippen LogP contribution in [0.5, 0.6) is 0 Å². The van der Waals surface area contributed by atoms with Gasteiger partial charge in [0.25, 0.3) is 5.91 Å². The van der Waals surface area contributed by atoms with Gasteiger partial charge in [-0.3, -0.25) is 9.89 Å². The van der Waals surface area contributed by atoms with Crippen LogP contribution < -0.4 is 5.32 Å². The maximum Gasteiger partial charge on any atom is 0.420 e. The first-order chi connectivity index (χ1) is 15.2. The molecule has 4 rings (SSSR count). The molecule has 4 aromatic rings. The molecule has 32 heavy (non-hydrogen) atoms. The number of aryl methyl sites for hydroxylation is 1. The molecule has 1 amide bonds. The number of fused-ring (bicyclic) bond motifs is 1. The van der Waals surface area contributed by atoms with Crippen LogP contribution in [-0.4, -0.2) is 37.9 Å². The van der Waals surface area contributed by atoms with Crippen molar-refractivity contribution in [2.24, 2.45) is 0 Å². The molecule has 0 spiro atoms. The van der Waals surface area contributed by atoms with Gasteiger partial charge < -0.3 is 10.1 Å². The van der Waals surface area contributed by atoms with E-state index in [0.29, 0.717) is 33.7 Å². The Morgan fingerprint density at radius 2 is 1.88 bits per heavy atom. The average Bonchev–Trinajstić information content (AvgIpc) is 3.28. The molecule has 0 aliphatic rings. The molecule has 9 heteroatoms. The van der Waals surface area contributed by atoms with Gasteiger partial charge in [-0.1, -0.05) is 0 Å². The van der Waals surface area contributed by atoms with E-state index in [1.165, 1.54) is 22.9 Å². The second kappa shape index (κ2) is 8.26. The first kappa shape index (κ1) is 21.2. The molecule has 0 saturated carbocycles. The summed E-state index contributed by atoms with van der Waals surface area (Å²) in [6.45, 7) is 7.15. The predicted octanol–water partition coefficient (Wildman–Crippen LogP) is 4.83. The molecule has 3 aromatic heterocycles. The molecule has 0 saturated heterocycles. The third-order valence-corrected chi connectivity index (χ3v) is 5.03. The number of nitrogens with zero attached hydrogens (tertiary/aromatic N) is 3. The van der Waals surface area contributed by atoms with Crippen LogP contribution in [0.2, 0.25) is 0 Å². The van der Waals surface area contributed by atoms with Crippen LogP contribution in [-0.2, 0) is 4.74 Å². The van der Waals surface area contributed by atoms with Gasteiger partial charge >= 0.3 is 6.09 Å². The fraction of sp³-hybridized carbons (Fsp3) is 0.217. The topological polar surface area (TPSA) is 102 Å². The van der Waals surface area contributed by atoms with E-state index < -0.39 is 6.09 Å². The van der Waals surface area contributed by atoms with Gasteiger partial charge in [0, 0.05) is 16.6 Å². The standard InChI is InChI=1S/C23H22FN5O3/c1-12(2)32-23(31)29-19(15-5-7-17(24)8-6-15)10-16-9-18(11-25-21(16)29)26-22(30)20-13(3)14(4)27-28-20/h5-12H,1-4H3,(H,26,30)(H,27,28). The van der Waals surface area contributed by atoms with Gasteiger partial charge in [-0.05, 0) is 69.7 Å². The summed E-state index contributed by atoms with van der Waals surface area (Å²) in [5, 5.41) is 10.2. The van der Waals surface area contributed by atoms with Gasteiger partial charge in [0.15, 0.2) is 5.69 Å². The summed E-state index contributed by atoms with van der Waals surface area (Å²) >= 11 is 0. The molecule has 8 nitrogen and oxygen atoms in total. The van der Waals surface area contributed by atoms with E-state index in [1.54, 1.807) is 38.1 Å². The second-order valence-corrected chi connectivity index (χ2v) is 7.72. The van der Waals surface area contributed by atoms with E-state index in [1.807, 2.05) is 13.8 Å². The van der Waals surface area contributed by atoms with E-state index in [9.17, 15) is 14.0 Å². The zero-order valence-corrected chi connectivity index (χ0v) is 18.1. The lowest BCUT2D eigenvalue weighted by Gasteiger charge is -2.12. The molecular weight excluding hydrogens is 413 g/mol. The fourth-order valence-corrected chi connectivity index (χ4v) is 3.33. The number of pyridine rings is 1. The number of ether oxygens (including phenoxy) is 1. The number of aromatic amines is 1. The van der Waals surface area contributed by atoms with E-state index in [2.05, 4.69) is 20.5 Å². The van der Waals surface area contributed by atoms with Gasteiger partial charge in [0.1, 0.15) is 11.5 Å². The highest BCUT2D eigenvalue weighted by molar-refractivity contribution is 6.05. The monoisotopic (exact) mass is 435 g/mol. The Morgan fingerprint density at radius 3 is 2.50 bits per heavy atom. The zero-order chi connectivity index (χ0) is 23.0. The SMILES string of the molecule is Cc1[nH]nc(C(=O)Nc2cnc3c(c2)cc(-c2ccc(F)cc2)n3C(=O)OC(C)C)c1C.